The Labute approximate surface area is 208 Å². The van der Waals surface area contributed by atoms with Gasteiger partial charge in [-0.05, 0) is 44.2 Å². The second-order valence-electron chi connectivity index (χ2n) is 8.62. The summed E-state index contributed by atoms with van der Waals surface area (Å²) in [6.07, 6.45) is 7.61. The number of carbonyl (C=O) groups is 1. The van der Waals surface area contributed by atoms with Gasteiger partial charge in [-0.3, -0.25) is 14.2 Å². The number of rotatable bonds is 9. The smallest absolute Gasteiger partial charge is 0.336 e. The van der Waals surface area contributed by atoms with Gasteiger partial charge in [0, 0.05) is 18.7 Å². The van der Waals surface area contributed by atoms with Crippen molar-refractivity contribution in [3.63, 3.8) is 0 Å². The summed E-state index contributed by atoms with van der Waals surface area (Å²) in [6, 6.07) is 9.81. The van der Waals surface area contributed by atoms with Gasteiger partial charge in [0.15, 0.2) is 11.5 Å². The number of hydrogen-bond donors (Lipinski definition) is 1. The third kappa shape index (κ3) is 5.00. The number of carbonyl (C=O) groups excluding carboxylic acids is 1. The number of methoxy groups -OCH3 is 3. The molecule has 9 nitrogen and oxygen atoms in total. The first-order valence-electron chi connectivity index (χ1n) is 12.0. The number of para-hydroxylation sites is 1. The molecule has 1 N–H and O–H groups in total. The van der Waals surface area contributed by atoms with Gasteiger partial charge in [-0.15, -0.1) is 0 Å². The number of ether oxygens (including phenoxy) is 3. The Bertz CT molecular complexity index is 1390. The van der Waals surface area contributed by atoms with Gasteiger partial charge in [-0.2, -0.15) is 0 Å². The summed E-state index contributed by atoms with van der Waals surface area (Å²) in [5, 5.41) is 3.22. The number of aromatic nitrogens is 2. The first-order valence-corrected chi connectivity index (χ1v) is 12.0. The van der Waals surface area contributed by atoms with E-state index in [0.717, 1.165) is 23.8 Å². The van der Waals surface area contributed by atoms with E-state index in [2.05, 4.69) is 11.4 Å². The molecule has 0 aliphatic heterocycles. The van der Waals surface area contributed by atoms with E-state index in [0.29, 0.717) is 34.7 Å². The van der Waals surface area contributed by atoms with Crippen molar-refractivity contribution in [3.8, 4) is 22.9 Å². The summed E-state index contributed by atoms with van der Waals surface area (Å²) < 4.78 is 18.5. The average Bonchev–Trinajstić information content (AvgIpc) is 2.91. The third-order valence-corrected chi connectivity index (χ3v) is 6.41. The second kappa shape index (κ2) is 11.2. The molecule has 1 aliphatic rings. The molecular formula is C27H31N3O6. The Morgan fingerprint density at radius 1 is 1.00 bits per heavy atom. The highest BCUT2D eigenvalue weighted by Gasteiger charge is 2.20. The number of benzene rings is 2. The quantitative estimate of drug-likeness (QED) is 0.460. The Hall–Kier alpha value is -4.01. The Morgan fingerprint density at radius 3 is 2.36 bits per heavy atom. The summed E-state index contributed by atoms with van der Waals surface area (Å²) in [5.41, 5.74) is 0.842. The highest BCUT2D eigenvalue weighted by atomic mass is 16.5. The minimum Gasteiger partial charge on any atom is -0.493 e. The standard InChI is InChI=1S/C27H31N3O6/c1-34-22-15-19(16-23(35-2)25(22)36-3)30-26(32)20-11-7-8-12-21(20)29(27(30)33)17-24(31)28-14-13-18-9-5-4-6-10-18/h7-9,11-12,15-16H,4-6,10,13-14,17H2,1-3H3,(H,28,31). The molecule has 190 valence electrons. The molecule has 1 amide bonds. The Kier molecular flexibility index (Phi) is 7.77. The maximum Gasteiger partial charge on any atom is 0.336 e. The lowest BCUT2D eigenvalue weighted by Crippen LogP contribution is -2.42. The molecule has 0 atom stereocenters. The van der Waals surface area contributed by atoms with E-state index in [1.165, 1.54) is 56.4 Å². The Balaban J connectivity index is 1.73. The van der Waals surface area contributed by atoms with Gasteiger partial charge in [-0.25, -0.2) is 9.36 Å². The van der Waals surface area contributed by atoms with Crippen LogP contribution in [-0.2, 0) is 11.3 Å². The van der Waals surface area contributed by atoms with Crippen molar-refractivity contribution in [1.82, 2.24) is 14.5 Å². The maximum absolute atomic E-state index is 13.6. The number of nitrogens with one attached hydrogen (secondary N) is 1. The zero-order chi connectivity index (χ0) is 25.7. The van der Waals surface area contributed by atoms with Crippen LogP contribution in [0.15, 0.2) is 57.6 Å². The van der Waals surface area contributed by atoms with Gasteiger partial charge < -0.3 is 19.5 Å². The molecule has 9 heteroatoms. The van der Waals surface area contributed by atoms with Gasteiger partial charge in [0.05, 0.1) is 37.9 Å². The van der Waals surface area contributed by atoms with E-state index in [4.69, 9.17) is 14.2 Å². The molecule has 2 aromatic carbocycles. The molecule has 1 aliphatic carbocycles. The van der Waals surface area contributed by atoms with E-state index >= 15 is 0 Å². The summed E-state index contributed by atoms with van der Waals surface area (Å²) in [6.45, 7) is 0.285. The van der Waals surface area contributed by atoms with Crippen LogP contribution in [0.5, 0.6) is 17.2 Å². The van der Waals surface area contributed by atoms with Crippen molar-refractivity contribution in [2.24, 2.45) is 0 Å². The van der Waals surface area contributed by atoms with Crippen molar-refractivity contribution in [2.45, 2.75) is 38.6 Å². The number of hydrogen-bond acceptors (Lipinski definition) is 6. The third-order valence-electron chi connectivity index (χ3n) is 6.41. The average molecular weight is 494 g/mol. The fraction of sp³-hybridized carbons (Fsp3) is 0.370. The second-order valence-corrected chi connectivity index (χ2v) is 8.62. The van der Waals surface area contributed by atoms with E-state index in [1.54, 1.807) is 24.3 Å². The lowest BCUT2D eigenvalue weighted by atomic mass is 9.97. The predicted molar refractivity (Wildman–Crippen MR) is 138 cm³/mol. The van der Waals surface area contributed by atoms with E-state index in [-0.39, 0.29) is 18.1 Å². The molecule has 0 bridgehead atoms. The largest absolute Gasteiger partial charge is 0.493 e. The summed E-state index contributed by atoms with van der Waals surface area (Å²) in [4.78, 5) is 39.9. The molecule has 0 fully saturated rings. The molecule has 1 heterocycles. The zero-order valence-electron chi connectivity index (χ0n) is 20.8. The van der Waals surface area contributed by atoms with Crippen LogP contribution < -0.4 is 30.8 Å². The fourth-order valence-electron chi connectivity index (χ4n) is 4.59. The van der Waals surface area contributed by atoms with E-state index in [1.807, 2.05) is 0 Å². The SMILES string of the molecule is COc1cc(-n2c(=O)c3ccccc3n(CC(=O)NCCC3=CCCCC3)c2=O)cc(OC)c1OC. The van der Waals surface area contributed by atoms with Gasteiger partial charge in [0.1, 0.15) is 6.54 Å². The number of allylic oxidation sites excluding steroid dienone is 1. The van der Waals surface area contributed by atoms with Crippen LogP contribution in [0.25, 0.3) is 16.6 Å². The number of nitrogens with zero attached hydrogens (tertiary/aromatic N) is 2. The molecule has 0 unspecified atom stereocenters. The topological polar surface area (TPSA) is 101 Å². The van der Waals surface area contributed by atoms with Crippen molar-refractivity contribution >= 4 is 16.8 Å². The molecule has 3 aromatic rings. The van der Waals surface area contributed by atoms with Crippen molar-refractivity contribution in [1.29, 1.82) is 0 Å². The summed E-state index contributed by atoms with van der Waals surface area (Å²) >= 11 is 0. The maximum atomic E-state index is 13.6. The molecule has 36 heavy (non-hydrogen) atoms. The normalized spacial score (nSPS) is 13.2. The molecule has 0 spiro atoms. The first-order chi connectivity index (χ1) is 17.5. The van der Waals surface area contributed by atoms with Gasteiger partial charge >= 0.3 is 5.69 Å². The van der Waals surface area contributed by atoms with Gasteiger partial charge in [0.25, 0.3) is 5.56 Å². The lowest BCUT2D eigenvalue weighted by Gasteiger charge is -2.17. The van der Waals surface area contributed by atoms with Crippen molar-refractivity contribution in [3.05, 3.63) is 68.9 Å². The molecule has 0 radical (unpaired) electrons. The van der Waals surface area contributed by atoms with Crippen LogP contribution in [0.4, 0.5) is 0 Å². The summed E-state index contributed by atoms with van der Waals surface area (Å²) in [5.74, 6) is 0.638. The van der Waals surface area contributed by atoms with Crippen LogP contribution in [-0.4, -0.2) is 42.9 Å². The van der Waals surface area contributed by atoms with Crippen LogP contribution >= 0.6 is 0 Å². The predicted octanol–water partition coefficient (Wildman–Crippen LogP) is 3.18. The molecule has 4 rings (SSSR count). The molecule has 0 saturated carbocycles. The molecular weight excluding hydrogens is 462 g/mol. The minimum atomic E-state index is -0.641. The first kappa shape index (κ1) is 25.1. The lowest BCUT2D eigenvalue weighted by molar-refractivity contribution is -0.121. The van der Waals surface area contributed by atoms with Gasteiger partial charge in [-0.1, -0.05) is 23.8 Å². The summed E-state index contributed by atoms with van der Waals surface area (Å²) in [7, 11) is 4.38. The number of fused-ring (bicyclic) bond motifs is 1. The minimum absolute atomic E-state index is 0.219. The number of amides is 1. The highest BCUT2D eigenvalue weighted by Crippen LogP contribution is 2.38. The molecule has 1 aromatic heterocycles. The zero-order valence-corrected chi connectivity index (χ0v) is 20.8. The van der Waals surface area contributed by atoms with Crippen molar-refractivity contribution < 1.29 is 19.0 Å². The Morgan fingerprint density at radius 2 is 1.72 bits per heavy atom. The van der Waals surface area contributed by atoms with Crippen LogP contribution in [0.1, 0.15) is 32.1 Å². The van der Waals surface area contributed by atoms with Crippen LogP contribution in [0.2, 0.25) is 0 Å². The molecule has 0 saturated heterocycles. The highest BCUT2D eigenvalue weighted by molar-refractivity contribution is 5.82. The van der Waals surface area contributed by atoms with Crippen LogP contribution in [0.3, 0.4) is 0 Å². The van der Waals surface area contributed by atoms with Gasteiger partial charge in [0.2, 0.25) is 11.7 Å². The van der Waals surface area contributed by atoms with Crippen LogP contribution in [0, 0.1) is 0 Å². The van der Waals surface area contributed by atoms with E-state index < -0.39 is 11.2 Å². The monoisotopic (exact) mass is 493 g/mol. The fourth-order valence-corrected chi connectivity index (χ4v) is 4.59. The van der Waals surface area contributed by atoms with Crippen molar-refractivity contribution in [2.75, 3.05) is 27.9 Å². The van der Waals surface area contributed by atoms with E-state index in [9.17, 15) is 14.4 Å².